The number of aliphatic carboxylic acids is 1. The van der Waals surface area contributed by atoms with Crippen LogP contribution in [0.15, 0.2) is 43.0 Å². The molecule has 5 nitrogen and oxygen atoms in total. The summed E-state index contributed by atoms with van der Waals surface area (Å²) in [7, 11) is 0. The van der Waals surface area contributed by atoms with Crippen LogP contribution in [0.4, 0.5) is 0 Å². The normalized spacial score (nSPS) is 10.0. The molecule has 1 N–H and O–H groups in total. The van der Waals surface area contributed by atoms with Crippen molar-refractivity contribution in [2.24, 2.45) is 0 Å². The number of carbonyl (C=O) groups excluding carboxylic acids is 1. The van der Waals surface area contributed by atoms with Gasteiger partial charge in [0.15, 0.2) is 0 Å². The van der Waals surface area contributed by atoms with Gasteiger partial charge in [-0.3, -0.25) is 4.79 Å². The minimum absolute atomic E-state index is 0.146. The van der Waals surface area contributed by atoms with Gasteiger partial charge in [-0.05, 0) is 12.1 Å². The van der Waals surface area contributed by atoms with Gasteiger partial charge in [-0.1, -0.05) is 12.1 Å². The lowest BCUT2D eigenvalue weighted by Gasteiger charge is -2.06. The van der Waals surface area contributed by atoms with Crippen LogP contribution in [0.25, 0.3) is 5.69 Å². The molecular formula is C11H8N2O3. The molecule has 0 atom stereocenters. The molecule has 0 saturated carbocycles. The summed E-state index contributed by atoms with van der Waals surface area (Å²) in [6.07, 6.45) is 4.71. The Morgan fingerprint density at radius 2 is 2.00 bits per heavy atom. The van der Waals surface area contributed by atoms with Crippen molar-refractivity contribution in [2.75, 3.05) is 0 Å². The van der Waals surface area contributed by atoms with Gasteiger partial charge in [0.1, 0.15) is 0 Å². The van der Waals surface area contributed by atoms with Crippen molar-refractivity contribution < 1.29 is 14.7 Å². The quantitative estimate of drug-likeness (QED) is 0.616. The van der Waals surface area contributed by atoms with Crippen LogP contribution in [0.3, 0.4) is 0 Å². The Morgan fingerprint density at radius 3 is 2.62 bits per heavy atom. The maximum absolute atomic E-state index is 11.4. The molecule has 2 aromatic rings. The predicted molar refractivity (Wildman–Crippen MR) is 55.5 cm³/mol. The van der Waals surface area contributed by atoms with Gasteiger partial charge in [-0.25, -0.2) is 9.78 Å². The molecule has 0 amide bonds. The molecule has 0 fully saturated rings. The van der Waals surface area contributed by atoms with E-state index < -0.39 is 11.8 Å². The predicted octanol–water partition coefficient (Wildman–Crippen LogP) is 1.14. The van der Waals surface area contributed by atoms with Gasteiger partial charge in [-0.2, -0.15) is 0 Å². The second-order valence-corrected chi connectivity index (χ2v) is 3.12. The summed E-state index contributed by atoms with van der Waals surface area (Å²) < 4.78 is 1.59. The number of benzene rings is 1. The number of carbonyl (C=O) groups is 2. The molecule has 5 heteroatoms. The van der Waals surface area contributed by atoms with E-state index in [2.05, 4.69) is 4.98 Å². The fourth-order valence-electron chi connectivity index (χ4n) is 1.41. The number of hydrogen-bond donors (Lipinski definition) is 1. The van der Waals surface area contributed by atoms with Crippen molar-refractivity contribution in [1.82, 2.24) is 9.55 Å². The standard InChI is InChI=1S/C11H8N2O3/c14-10(11(15)16)8-3-1-2-4-9(8)13-6-5-12-7-13/h1-7H,(H,15,16). The Morgan fingerprint density at radius 1 is 1.25 bits per heavy atom. The van der Waals surface area contributed by atoms with Crippen molar-refractivity contribution in [3.63, 3.8) is 0 Å². The largest absolute Gasteiger partial charge is 0.475 e. The molecule has 0 spiro atoms. The zero-order valence-electron chi connectivity index (χ0n) is 8.20. The molecule has 16 heavy (non-hydrogen) atoms. The summed E-state index contributed by atoms with van der Waals surface area (Å²) in [5.41, 5.74) is 0.653. The zero-order valence-corrected chi connectivity index (χ0v) is 8.20. The number of Topliss-reactive ketones (excluding diaryl/α,β-unsaturated/α-hetero) is 1. The Kier molecular flexibility index (Phi) is 2.51. The van der Waals surface area contributed by atoms with Gasteiger partial charge < -0.3 is 9.67 Å². The maximum atomic E-state index is 11.4. The van der Waals surface area contributed by atoms with Crippen molar-refractivity contribution in [3.8, 4) is 5.69 Å². The van der Waals surface area contributed by atoms with E-state index in [1.165, 1.54) is 12.4 Å². The number of para-hydroxylation sites is 1. The lowest BCUT2D eigenvalue weighted by atomic mass is 10.1. The summed E-state index contributed by atoms with van der Waals surface area (Å²) in [5, 5.41) is 8.68. The Bertz CT molecular complexity index is 532. The Hall–Kier alpha value is -2.43. The number of rotatable bonds is 3. The van der Waals surface area contributed by atoms with Gasteiger partial charge in [0.2, 0.25) is 0 Å². The highest BCUT2D eigenvalue weighted by Crippen LogP contribution is 2.14. The first-order valence-corrected chi connectivity index (χ1v) is 4.55. The number of aromatic nitrogens is 2. The Balaban J connectivity index is 2.55. The fourth-order valence-corrected chi connectivity index (χ4v) is 1.41. The molecule has 80 valence electrons. The average molecular weight is 216 g/mol. The van der Waals surface area contributed by atoms with Crippen molar-refractivity contribution in [3.05, 3.63) is 48.5 Å². The highest BCUT2D eigenvalue weighted by molar-refractivity contribution is 6.40. The first kappa shape index (κ1) is 10.1. The van der Waals surface area contributed by atoms with Gasteiger partial charge in [0.25, 0.3) is 5.78 Å². The monoisotopic (exact) mass is 216 g/mol. The van der Waals surface area contributed by atoms with Gasteiger partial charge >= 0.3 is 5.97 Å². The third-order valence-corrected chi connectivity index (χ3v) is 2.13. The number of ketones is 1. The molecule has 0 saturated heterocycles. The number of hydrogen-bond acceptors (Lipinski definition) is 3. The van der Waals surface area contributed by atoms with Crippen molar-refractivity contribution in [2.45, 2.75) is 0 Å². The van der Waals surface area contributed by atoms with Gasteiger partial charge in [-0.15, -0.1) is 0 Å². The summed E-state index contributed by atoms with van der Waals surface area (Å²) in [4.78, 5) is 25.9. The van der Waals surface area contributed by atoms with Crippen molar-refractivity contribution in [1.29, 1.82) is 0 Å². The molecule has 1 aromatic heterocycles. The van der Waals surface area contributed by atoms with Crippen LogP contribution in [0.2, 0.25) is 0 Å². The fraction of sp³-hybridized carbons (Fsp3) is 0. The molecule has 1 aromatic carbocycles. The molecule has 0 aliphatic heterocycles. The van der Waals surface area contributed by atoms with Gasteiger partial charge in [0.05, 0.1) is 17.6 Å². The summed E-state index contributed by atoms with van der Waals surface area (Å²) >= 11 is 0. The SMILES string of the molecule is O=C(O)C(=O)c1ccccc1-n1ccnc1. The van der Waals surface area contributed by atoms with Crippen LogP contribution in [0.1, 0.15) is 10.4 Å². The average Bonchev–Trinajstić information content (AvgIpc) is 2.81. The van der Waals surface area contributed by atoms with Crippen LogP contribution in [0, 0.1) is 0 Å². The van der Waals surface area contributed by atoms with E-state index in [9.17, 15) is 9.59 Å². The van der Waals surface area contributed by atoms with Crippen LogP contribution < -0.4 is 0 Å². The van der Waals surface area contributed by atoms with E-state index in [1.807, 2.05) is 0 Å². The maximum Gasteiger partial charge on any atom is 0.377 e. The van der Waals surface area contributed by atoms with E-state index in [1.54, 1.807) is 35.2 Å². The van der Waals surface area contributed by atoms with E-state index in [0.717, 1.165) is 0 Å². The van der Waals surface area contributed by atoms with E-state index in [-0.39, 0.29) is 5.56 Å². The lowest BCUT2D eigenvalue weighted by molar-refractivity contribution is -0.131. The Labute approximate surface area is 91.0 Å². The molecule has 0 unspecified atom stereocenters. The van der Waals surface area contributed by atoms with Gasteiger partial charge in [0, 0.05) is 12.4 Å². The number of carboxylic acids is 1. The summed E-state index contributed by atoms with van der Waals surface area (Å²) in [6.45, 7) is 0. The minimum atomic E-state index is -1.47. The van der Waals surface area contributed by atoms with E-state index in [0.29, 0.717) is 5.69 Å². The third-order valence-electron chi connectivity index (χ3n) is 2.13. The lowest BCUT2D eigenvalue weighted by Crippen LogP contribution is -2.15. The number of imidazole rings is 1. The molecule has 1 heterocycles. The molecule has 2 rings (SSSR count). The van der Waals surface area contributed by atoms with E-state index >= 15 is 0 Å². The molecular weight excluding hydrogens is 208 g/mol. The molecule has 0 radical (unpaired) electrons. The smallest absolute Gasteiger partial charge is 0.377 e. The van der Waals surface area contributed by atoms with Crippen LogP contribution in [-0.4, -0.2) is 26.4 Å². The minimum Gasteiger partial charge on any atom is -0.475 e. The van der Waals surface area contributed by atoms with E-state index in [4.69, 9.17) is 5.11 Å². The van der Waals surface area contributed by atoms with Crippen molar-refractivity contribution >= 4 is 11.8 Å². The highest BCUT2D eigenvalue weighted by atomic mass is 16.4. The molecule has 0 aliphatic rings. The third kappa shape index (κ3) is 1.70. The second-order valence-electron chi connectivity index (χ2n) is 3.12. The van der Waals surface area contributed by atoms with Crippen LogP contribution in [0.5, 0.6) is 0 Å². The first-order valence-electron chi connectivity index (χ1n) is 4.55. The first-order chi connectivity index (χ1) is 7.70. The summed E-state index contributed by atoms with van der Waals surface area (Å²) in [5.74, 6) is -2.39. The second kappa shape index (κ2) is 3.98. The van der Waals surface area contributed by atoms with Crippen LogP contribution in [-0.2, 0) is 4.79 Å². The number of carboxylic acid groups (broad SMARTS) is 1. The molecule has 0 aliphatic carbocycles. The molecule has 0 bridgehead atoms. The topological polar surface area (TPSA) is 72.2 Å². The number of nitrogens with zero attached hydrogens (tertiary/aromatic N) is 2. The summed E-state index contributed by atoms with van der Waals surface area (Å²) in [6, 6.07) is 6.49. The highest BCUT2D eigenvalue weighted by Gasteiger charge is 2.18. The zero-order chi connectivity index (χ0) is 11.5. The van der Waals surface area contributed by atoms with Crippen LogP contribution >= 0.6 is 0 Å².